The van der Waals surface area contributed by atoms with Crippen LogP contribution < -0.4 is 4.74 Å². The van der Waals surface area contributed by atoms with E-state index in [-0.39, 0.29) is 28.0 Å². The number of aliphatic hydroxyl groups excluding tert-OH is 1. The molecule has 0 aromatic heterocycles. The number of carbonyl (C=O) groups is 2. The molecule has 4 rings (SSSR count). The van der Waals surface area contributed by atoms with Crippen LogP contribution in [0.15, 0.2) is 54.1 Å². The molecule has 2 aromatic rings. The molecule has 2 aromatic carbocycles. The Bertz CT molecular complexity index is 1010. The molecule has 1 atom stereocenters. The number of carbonyl (C=O) groups excluding carboxylic acids is 2. The third-order valence-corrected chi connectivity index (χ3v) is 6.40. The summed E-state index contributed by atoms with van der Waals surface area (Å²) >= 11 is 6.37. The van der Waals surface area contributed by atoms with Gasteiger partial charge >= 0.3 is 0 Å². The lowest BCUT2D eigenvalue weighted by atomic mass is 9.91. The average Bonchev–Trinajstić information content (AvgIpc) is 3.06. The number of rotatable bonds is 5. The lowest BCUT2D eigenvalue weighted by molar-refractivity contribution is -0.141. The maximum atomic E-state index is 13.2. The summed E-state index contributed by atoms with van der Waals surface area (Å²) in [5, 5.41) is 11.6. The van der Waals surface area contributed by atoms with Gasteiger partial charge in [0, 0.05) is 11.6 Å². The molecule has 6 heteroatoms. The molecule has 5 nitrogen and oxygen atoms in total. The maximum Gasteiger partial charge on any atom is 0.295 e. The van der Waals surface area contributed by atoms with Gasteiger partial charge in [-0.2, -0.15) is 0 Å². The summed E-state index contributed by atoms with van der Waals surface area (Å²) in [5.41, 5.74) is 1.17. The van der Waals surface area contributed by atoms with Crippen LogP contribution in [0.2, 0.25) is 5.02 Å². The largest absolute Gasteiger partial charge is 0.507 e. The Hall–Kier alpha value is -2.79. The van der Waals surface area contributed by atoms with Crippen LogP contribution >= 0.6 is 11.6 Å². The first-order chi connectivity index (χ1) is 15.0. The van der Waals surface area contributed by atoms with Gasteiger partial charge < -0.3 is 14.7 Å². The maximum absolute atomic E-state index is 13.2. The summed E-state index contributed by atoms with van der Waals surface area (Å²) in [6.07, 6.45) is 4.90. The lowest BCUT2D eigenvalue weighted by Crippen LogP contribution is -2.40. The fourth-order valence-corrected chi connectivity index (χ4v) is 4.84. The number of benzene rings is 2. The van der Waals surface area contributed by atoms with Gasteiger partial charge in [0.15, 0.2) is 0 Å². The number of amides is 1. The molecule has 162 valence electrons. The third kappa shape index (κ3) is 4.07. The van der Waals surface area contributed by atoms with Crippen molar-refractivity contribution >= 4 is 29.1 Å². The van der Waals surface area contributed by atoms with Crippen LogP contribution in [0, 0.1) is 0 Å². The molecule has 1 amide bonds. The molecule has 1 saturated heterocycles. The quantitative estimate of drug-likeness (QED) is 0.380. The van der Waals surface area contributed by atoms with Crippen LogP contribution in [0.3, 0.4) is 0 Å². The van der Waals surface area contributed by atoms with Crippen molar-refractivity contribution in [1.29, 1.82) is 0 Å². The van der Waals surface area contributed by atoms with Crippen molar-refractivity contribution in [3.8, 4) is 5.75 Å². The fourth-order valence-electron chi connectivity index (χ4n) is 4.64. The summed E-state index contributed by atoms with van der Waals surface area (Å²) in [6.45, 7) is 2.32. The monoisotopic (exact) mass is 439 g/mol. The molecular weight excluding hydrogens is 414 g/mol. The Kier molecular flexibility index (Phi) is 6.33. The number of nitrogens with zero attached hydrogens (tertiary/aromatic N) is 1. The number of Topliss-reactive ketones (excluding diaryl/α,β-unsaturated/α-hetero) is 1. The number of ether oxygens (including phenoxy) is 1. The van der Waals surface area contributed by atoms with Gasteiger partial charge in [-0.1, -0.05) is 61.2 Å². The van der Waals surface area contributed by atoms with Crippen molar-refractivity contribution in [1.82, 2.24) is 4.90 Å². The van der Waals surface area contributed by atoms with Gasteiger partial charge in [0.1, 0.15) is 11.5 Å². The van der Waals surface area contributed by atoms with Crippen molar-refractivity contribution in [3.05, 3.63) is 70.3 Å². The van der Waals surface area contributed by atoms with Crippen molar-refractivity contribution in [2.24, 2.45) is 0 Å². The molecule has 1 heterocycles. The predicted octanol–water partition coefficient (Wildman–Crippen LogP) is 5.49. The molecule has 1 N–H and O–H groups in total. The number of hydrogen-bond acceptors (Lipinski definition) is 4. The number of halogens is 1. The van der Waals surface area contributed by atoms with Crippen molar-refractivity contribution < 1.29 is 19.4 Å². The molecule has 1 aliphatic carbocycles. The Labute approximate surface area is 187 Å². The average molecular weight is 440 g/mol. The molecule has 0 radical (unpaired) electrons. The van der Waals surface area contributed by atoms with Crippen molar-refractivity contribution in [2.75, 3.05) is 6.61 Å². The van der Waals surface area contributed by atoms with E-state index in [2.05, 4.69) is 0 Å². The zero-order valence-corrected chi connectivity index (χ0v) is 18.3. The van der Waals surface area contributed by atoms with Gasteiger partial charge in [-0.25, -0.2) is 0 Å². The Morgan fingerprint density at radius 2 is 1.81 bits per heavy atom. The van der Waals surface area contributed by atoms with E-state index in [9.17, 15) is 14.7 Å². The second-order valence-electron chi connectivity index (χ2n) is 7.98. The first-order valence-corrected chi connectivity index (χ1v) is 11.2. The van der Waals surface area contributed by atoms with E-state index in [0.29, 0.717) is 12.4 Å². The standard InChI is InChI=1S/C25H26ClNO4/c1-2-31-18-13-14-20(26)19(15-18)23(28)21-22(16-9-5-3-6-10-16)27(25(30)24(21)29)17-11-7-4-8-12-17/h3,5-6,9-10,13-15,17,22,28H,2,4,7-8,11-12H2,1H3/b23-21+. The van der Waals surface area contributed by atoms with E-state index in [0.717, 1.165) is 37.7 Å². The highest BCUT2D eigenvalue weighted by molar-refractivity contribution is 6.47. The van der Waals surface area contributed by atoms with Crippen LogP contribution in [0.5, 0.6) is 5.75 Å². The Morgan fingerprint density at radius 3 is 2.48 bits per heavy atom. The molecule has 0 spiro atoms. The molecule has 0 bridgehead atoms. The fraction of sp³-hybridized carbons (Fsp3) is 0.360. The minimum Gasteiger partial charge on any atom is -0.507 e. The van der Waals surface area contributed by atoms with Crippen LogP contribution in [0.1, 0.15) is 56.2 Å². The van der Waals surface area contributed by atoms with Crippen LogP contribution in [0.25, 0.3) is 5.76 Å². The van der Waals surface area contributed by atoms with E-state index in [1.54, 1.807) is 23.1 Å². The van der Waals surface area contributed by atoms with Crippen molar-refractivity contribution in [3.63, 3.8) is 0 Å². The van der Waals surface area contributed by atoms with Gasteiger partial charge in [-0.05, 0) is 43.5 Å². The normalized spacial score (nSPS) is 21.5. The van der Waals surface area contributed by atoms with Crippen LogP contribution in [-0.2, 0) is 9.59 Å². The first kappa shape index (κ1) is 21.4. The number of aliphatic hydroxyl groups is 1. The lowest BCUT2D eigenvalue weighted by Gasteiger charge is -2.35. The number of hydrogen-bond donors (Lipinski definition) is 1. The van der Waals surface area contributed by atoms with E-state index in [1.165, 1.54) is 0 Å². The van der Waals surface area contributed by atoms with Gasteiger partial charge in [-0.3, -0.25) is 9.59 Å². The summed E-state index contributed by atoms with van der Waals surface area (Å²) in [6, 6.07) is 13.7. The number of likely N-dealkylation sites (tertiary alicyclic amines) is 1. The van der Waals surface area contributed by atoms with E-state index in [4.69, 9.17) is 16.3 Å². The smallest absolute Gasteiger partial charge is 0.295 e. The topological polar surface area (TPSA) is 66.8 Å². The SMILES string of the molecule is CCOc1ccc(Cl)c(/C(O)=C2\C(=O)C(=O)N(C3CCCCC3)C2c2ccccc2)c1. The molecular formula is C25H26ClNO4. The molecule has 2 aliphatic rings. The van der Waals surface area contributed by atoms with Gasteiger partial charge in [0.2, 0.25) is 0 Å². The summed E-state index contributed by atoms with van der Waals surface area (Å²) in [7, 11) is 0. The highest BCUT2D eigenvalue weighted by Gasteiger charge is 2.48. The van der Waals surface area contributed by atoms with Crippen LogP contribution in [-0.4, -0.2) is 34.3 Å². The second kappa shape index (κ2) is 9.15. The minimum atomic E-state index is -0.671. The van der Waals surface area contributed by atoms with Gasteiger partial charge in [0.05, 0.1) is 23.2 Å². The van der Waals surface area contributed by atoms with Gasteiger partial charge in [0.25, 0.3) is 11.7 Å². The minimum absolute atomic E-state index is 0.0223. The van der Waals surface area contributed by atoms with Crippen molar-refractivity contribution in [2.45, 2.75) is 51.1 Å². The highest BCUT2D eigenvalue weighted by atomic mass is 35.5. The molecule has 1 saturated carbocycles. The zero-order chi connectivity index (χ0) is 22.0. The van der Waals surface area contributed by atoms with Gasteiger partial charge in [-0.15, -0.1) is 0 Å². The molecule has 1 unspecified atom stereocenters. The third-order valence-electron chi connectivity index (χ3n) is 6.07. The molecule has 2 fully saturated rings. The summed E-state index contributed by atoms with van der Waals surface area (Å²) in [4.78, 5) is 28.0. The van der Waals surface area contributed by atoms with Crippen LogP contribution in [0.4, 0.5) is 0 Å². The summed E-state index contributed by atoms with van der Waals surface area (Å²) in [5.74, 6) is -0.961. The zero-order valence-electron chi connectivity index (χ0n) is 17.5. The second-order valence-corrected chi connectivity index (χ2v) is 8.39. The number of ketones is 1. The predicted molar refractivity (Wildman–Crippen MR) is 120 cm³/mol. The first-order valence-electron chi connectivity index (χ1n) is 10.8. The molecule has 31 heavy (non-hydrogen) atoms. The summed E-state index contributed by atoms with van der Waals surface area (Å²) < 4.78 is 5.54. The van der Waals surface area contributed by atoms with E-state index in [1.807, 2.05) is 37.3 Å². The Morgan fingerprint density at radius 1 is 1.10 bits per heavy atom. The van der Waals surface area contributed by atoms with E-state index >= 15 is 0 Å². The highest BCUT2D eigenvalue weighted by Crippen LogP contribution is 2.44. The molecule has 1 aliphatic heterocycles. The Balaban J connectivity index is 1.87. The van der Waals surface area contributed by atoms with E-state index < -0.39 is 17.7 Å².